The maximum atomic E-state index is 5.91. The van der Waals surface area contributed by atoms with Crippen molar-refractivity contribution in [2.75, 3.05) is 20.8 Å². The summed E-state index contributed by atoms with van der Waals surface area (Å²) in [7, 11) is 3.86. The van der Waals surface area contributed by atoms with Crippen molar-refractivity contribution >= 4 is 0 Å². The third-order valence-corrected chi connectivity index (χ3v) is 4.58. The summed E-state index contributed by atoms with van der Waals surface area (Å²) in [5, 5.41) is 3.46. The second kappa shape index (κ2) is 8.40. The van der Waals surface area contributed by atoms with Gasteiger partial charge in [0, 0.05) is 12.7 Å². The number of hydrogen-bond acceptors (Lipinski definition) is 3. The van der Waals surface area contributed by atoms with Gasteiger partial charge in [0.15, 0.2) is 0 Å². The molecule has 2 unspecified atom stereocenters. The first-order chi connectivity index (χ1) is 10.3. The van der Waals surface area contributed by atoms with Crippen LogP contribution in [-0.2, 0) is 4.74 Å². The Morgan fingerprint density at radius 1 is 1.19 bits per heavy atom. The van der Waals surface area contributed by atoms with Gasteiger partial charge in [-0.3, -0.25) is 0 Å². The Morgan fingerprint density at radius 3 is 2.52 bits per heavy atom. The van der Waals surface area contributed by atoms with Crippen molar-refractivity contribution in [3.63, 3.8) is 0 Å². The minimum absolute atomic E-state index is 0.181. The second-order valence-electron chi connectivity index (χ2n) is 5.84. The summed E-state index contributed by atoms with van der Waals surface area (Å²) in [6, 6.07) is 8.50. The van der Waals surface area contributed by atoms with Gasteiger partial charge < -0.3 is 14.8 Å². The third kappa shape index (κ3) is 3.98. The minimum Gasteiger partial charge on any atom is -0.494 e. The molecule has 0 heterocycles. The molecule has 0 bridgehead atoms. The predicted molar refractivity (Wildman–Crippen MR) is 86.8 cm³/mol. The topological polar surface area (TPSA) is 30.5 Å². The molecular weight excluding hydrogens is 262 g/mol. The van der Waals surface area contributed by atoms with E-state index in [1.165, 1.54) is 37.7 Å². The van der Waals surface area contributed by atoms with Crippen LogP contribution in [0.25, 0.3) is 0 Å². The lowest BCUT2D eigenvalue weighted by Crippen LogP contribution is -2.38. The van der Waals surface area contributed by atoms with Crippen molar-refractivity contribution in [2.45, 2.75) is 51.2 Å². The summed E-state index contributed by atoms with van der Waals surface area (Å²) in [4.78, 5) is 0. The standard InChI is InChI=1S/C18H29NO2/c1-4-21-16-13-9-8-12-15(16)17(19-2)18(20-3)14-10-6-5-7-11-14/h8-9,12-14,17-19H,4-7,10-11H2,1-3H3. The van der Waals surface area contributed by atoms with Crippen LogP contribution < -0.4 is 10.1 Å². The van der Waals surface area contributed by atoms with E-state index < -0.39 is 0 Å². The molecule has 0 aromatic heterocycles. The lowest BCUT2D eigenvalue weighted by molar-refractivity contribution is 0.00877. The summed E-state index contributed by atoms with van der Waals surface area (Å²) >= 11 is 0. The molecule has 2 rings (SSSR count). The Morgan fingerprint density at radius 2 is 1.90 bits per heavy atom. The van der Waals surface area contributed by atoms with E-state index in [0.717, 1.165) is 5.75 Å². The number of rotatable bonds is 7. The number of ether oxygens (including phenoxy) is 2. The molecule has 0 aliphatic heterocycles. The number of benzene rings is 1. The van der Waals surface area contributed by atoms with Crippen LogP contribution in [-0.4, -0.2) is 26.9 Å². The first-order valence-electron chi connectivity index (χ1n) is 8.23. The van der Waals surface area contributed by atoms with E-state index >= 15 is 0 Å². The van der Waals surface area contributed by atoms with E-state index in [1.807, 2.05) is 27.1 Å². The molecule has 1 fully saturated rings. The second-order valence-corrected chi connectivity index (χ2v) is 5.84. The van der Waals surface area contributed by atoms with Crippen LogP contribution in [0.15, 0.2) is 24.3 Å². The number of para-hydroxylation sites is 1. The Labute approximate surface area is 129 Å². The first-order valence-corrected chi connectivity index (χ1v) is 8.23. The van der Waals surface area contributed by atoms with Gasteiger partial charge in [-0.25, -0.2) is 0 Å². The van der Waals surface area contributed by atoms with Gasteiger partial charge in [0.2, 0.25) is 0 Å². The molecule has 1 aliphatic rings. The maximum Gasteiger partial charge on any atom is 0.124 e. The molecule has 21 heavy (non-hydrogen) atoms. The average molecular weight is 291 g/mol. The van der Waals surface area contributed by atoms with Gasteiger partial charge in [0.1, 0.15) is 5.75 Å². The van der Waals surface area contributed by atoms with Gasteiger partial charge in [-0.05, 0) is 38.8 Å². The molecule has 1 aliphatic carbocycles. The zero-order valence-corrected chi connectivity index (χ0v) is 13.6. The van der Waals surface area contributed by atoms with Gasteiger partial charge in [0.05, 0.1) is 18.8 Å². The fourth-order valence-electron chi connectivity index (χ4n) is 3.58. The minimum atomic E-state index is 0.181. The Kier molecular flexibility index (Phi) is 6.52. The molecule has 3 heteroatoms. The molecule has 1 aromatic carbocycles. The van der Waals surface area contributed by atoms with Gasteiger partial charge >= 0.3 is 0 Å². The molecule has 0 radical (unpaired) electrons. The van der Waals surface area contributed by atoms with E-state index in [0.29, 0.717) is 12.5 Å². The molecule has 0 saturated heterocycles. The van der Waals surface area contributed by atoms with Crippen molar-refractivity contribution in [3.8, 4) is 5.75 Å². The molecule has 1 N–H and O–H groups in total. The summed E-state index contributed by atoms with van der Waals surface area (Å²) in [6.07, 6.45) is 6.77. The molecule has 0 amide bonds. The Hall–Kier alpha value is -1.06. The predicted octanol–water partition coefficient (Wildman–Crippen LogP) is 3.94. The van der Waals surface area contributed by atoms with Crippen LogP contribution in [0.1, 0.15) is 50.6 Å². The molecule has 3 nitrogen and oxygen atoms in total. The van der Waals surface area contributed by atoms with Crippen LogP contribution >= 0.6 is 0 Å². The quantitative estimate of drug-likeness (QED) is 0.825. The summed E-state index contributed by atoms with van der Waals surface area (Å²) < 4.78 is 11.7. The Balaban J connectivity index is 2.23. The lowest BCUT2D eigenvalue weighted by Gasteiger charge is -2.35. The van der Waals surface area contributed by atoms with Crippen molar-refractivity contribution < 1.29 is 9.47 Å². The highest BCUT2D eigenvalue weighted by Gasteiger charge is 2.32. The van der Waals surface area contributed by atoms with Gasteiger partial charge in [0.25, 0.3) is 0 Å². The van der Waals surface area contributed by atoms with Crippen molar-refractivity contribution in [1.29, 1.82) is 0 Å². The van der Waals surface area contributed by atoms with Crippen LogP contribution in [0.4, 0.5) is 0 Å². The van der Waals surface area contributed by atoms with Crippen molar-refractivity contribution in [1.82, 2.24) is 5.32 Å². The molecule has 118 valence electrons. The lowest BCUT2D eigenvalue weighted by atomic mass is 9.81. The zero-order valence-electron chi connectivity index (χ0n) is 13.6. The number of nitrogens with one attached hydrogen (secondary N) is 1. The Bertz CT molecular complexity index is 415. The van der Waals surface area contributed by atoms with Gasteiger partial charge in [-0.1, -0.05) is 37.5 Å². The monoisotopic (exact) mass is 291 g/mol. The molecule has 1 saturated carbocycles. The zero-order chi connectivity index (χ0) is 15.1. The summed E-state index contributed by atoms with van der Waals surface area (Å²) in [6.45, 7) is 2.72. The van der Waals surface area contributed by atoms with Gasteiger partial charge in [-0.2, -0.15) is 0 Å². The van der Waals surface area contributed by atoms with E-state index in [4.69, 9.17) is 9.47 Å². The van der Waals surface area contributed by atoms with Crippen molar-refractivity contribution in [2.24, 2.45) is 5.92 Å². The van der Waals surface area contributed by atoms with Crippen LogP contribution in [0.3, 0.4) is 0 Å². The molecule has 0 spiro atoms. The maximum absolute atomic E-state index is 5.91. The normalized spacial score (nSPS) is 19.2. The molecular formula is C18H29NO2. The van der Waals surface area contributed by atoms with E-state index in [-0.39, 0.29) is 12.1 Å². The first kappa shape index (κ1) is 16.3. The van der Waals surface area contributed by atoms with Crippen LogP contribution in [0.5, 0.6) is 5.75 Å². The van der Waals surface area contributed by atoms with E-state index in [1.54, 1.807) is 0 Å². The summed E-state index contributed by atoms with van der Waals surface area (Å²) in [5.74, 6) is 1.60. The largest absolute Gasteiger partial charge is 0.494 e. The van der Waals surface area contributed by atoms with Crippen molar-refractivity contribution in [3.05, 3.63) is 29.8 Å². The smallest absolute Gasteiger partial charge is 0.124 e. The average Bonchev–Trinajstić information content (AvgIpc) is 2.54. The van der Waals surface area contributed by atoms with E-state index in [2.05, 4.69) is 23.5 Å². The fourth-order valence-corrected chi connectivity index (χ4v) is 3.58. The number of hydrogen-bond donors (Lipinski definition) is 1. The SMILES string of the molecule is CCOc1ccccc1C(NC)C(OC)C1CCCCC1. The van der Waals surface area contributed by atoms with Gasteiger partial charge in [-0.15, -0.1) is 0 Å². The molecule has 1 aromatic rings. The molecule has 2 atom stereocenters. The van der Waals surface area contributed by atoms with Crippen LogP contribution in [0.2, 0.25) is 0 Å². The highest BCUT2D eigenvalue weighted by Crippen LogP contribution is 2.36. The number of likely N-dealkylation sites (N-methyl/N-ethyl adjacent to an activating group) is 1. The summed E-state index contributed by atoms with van der Waals surface area (Å²) in [5.41, 5.74) is 1.21. The third-order valence-electron chi connectivity index (χ3n) is 4.58. The highest BCUT2D eigenvalue weighted by atomic mass is 16.5. The highest BCUT2D eigenvalue weighted by molar-refractivity contribution is 5.36. The van der Waals surface area contributed by atoms with E-state index in [9.17, 15) is 0 Å². The fraction of sp³-hybridized carbons (Fsp3) is 0.667. The number of methoxy groups -OCH3 is 1. The van der Waals surface area contributed by atoms with Crippen LogP contribution in [0, 0.1) is 5.92 Å².